The summed E-state index contributed by atoms with van der Waals surface area (Å²) in [5.41, 5.74) is 4.45. The second-order valence-electron chi connectivity index (χ2n) is 6.22. The fraction of sp³-hybridized carbons (Fsp3) is 0.316. The zero-order chi connectivity index (χ0) is 15.8. The maximum absolute atomic E-state index is 13.0. The minimum absolute atomic E-state index is 0.0789. The zero-order valence-corrected chi connectivity index (χ0v) is 13.0. The van der Waals surface area contributed by atoms with E-state index in [0.29, 0.717) is 6.42 Å². The Morgan fingerprint density at radius 3 is 2.70 bits per heavy atom. The molecule has 0 unspecified atom stereocenters. The number of anilines is 2. The zero-order valence-electron chi connectivity index (χ0n) is 13.0. The van der Waals surface area contributed by atoms with Crippen LogP contribution in [0.3, 0.4) is 0 Å². The van der Waals surface area contributed by atoms with Gasteiger partial charge in [-0.1, -0.05) is 24.3 Å². The van der Waals surface area contributed by atoms with Crippen LogP contribution in [0.15, 0.2) is 42.5 Å². The molecule has 2 aromatic carbocycles. The van der Waals surface area contributed by atoms with E-state index in [0.717, 1.165) is 37.3 Å². The lowest BCUT2D eigenvalue weighted by atomic mass is 9.97. The number of aryl methyl sites for hydroxylation is 1. The number of carbonyl (C=O) groups is 1. The minimum atomic E-state index is -0.271. The van der Waals surface area contributed by atoms with Gasteiger partial charge >= 0.3 is 0 Å². The van der Waals surface area contributed by atoms with Gasteiger partial charge in [0.2, 0.25) is 5.91 Å². The quantitative estimate of drug-likeness (QED) is 0.850. The molecule has 0 aliphatic carbocycles. The third-order valence-electron chi connectivity index (χ3n) is 4.74. The van der Waals surface area contributed by atoms with Gasteiger partial charge in [-0.15, -0.1) is 0 Å². The van der Waals surface area contributed by atoms with Crippen LogP contribution in [0.2, 0.25) is 0 Å². The molecule has 23 heavy (non-hydrogen) atoms. The van der Waals surface area contributed by atoms with Gasteiger partial charge in [0.15, 0.2) is 0 Å². The first kappa shape index (κ1) is 14.2. The van der Waals surface area contributed by atoms with Crippen LogP contribution in [-0.2, 0) is 17.6 Å². The summed E-state index contributed by atoms with van der Waals surface area (Å²) in [6, 6.07) is 12.4. The van der Waals surface area contributed by atoms with Crippen molar-refractivity contribution in [3.05, 3.63) is 59.4 Å². The first-order valence-electron chi connectivity index (χ1n) is 8.14. The fourth-order valence-electron chi connectivity index (χ4n) is 3.63. The summed E-state index contributed by atoms with van der Waals surface area (Å²) in [7, 11) is 0. The van der Waals surface area contributed by atoms with E-state index in [2.05, 4.69) is 11.0 Å². The lowest BCUT2D eigenvalue weighted by Crippen LogP contribution is -2.46. The molecule has 118 valence electrons. The normalized spacial score (nSPS) is 16.2. The molecular weight excluding hydrogens is 291 g/mol. The van der Waals surface area contributed by atoms with Crippen LogP contribution in [0.25, 0.3) is 0 Å². The molecule has 0 saturated carbocycles. The van der Waals surface area contributed by atoms with Gasteiger partial charge < -0.3 is 9.80 Å². The van der Waals surface area contributed by atoms with E-state index in [1.807, 2.05) is 17.0 Å². The van der Waals surface area contributed by atoms with Crippen molar-refractivity contribution in [3.63, 3.8) is 0 Å². The van der Waals surface area contributed by atoms with Crippen molar-refractivity contribution >= 4 is 17.3 Å². The van der Waals surface area contributed by atoms with E-state index in [4.69, 9.17) is 0 Å². The predicted molar refractivity (Wildman–Crippen MR) is 89.4 cm³/mol. The summed E-state index contributed by atoms with van der Waals surface area (Å²) in [5.74, 6) is -0.192. The first-order valence-corrected chi connectivity index (χ1v) is 8.14. The van der Waals surface area contributed by atoms with E-state index in [9.17, 15) is 9.18 Å². The molecular formula is C19H19FN2O. The Labute approximate surface area is 135 Å². The van der Waals surface area contributed by atoms with Crippen LogP contribution < -0.4 is 9.80 Å². The molecule has 0 fully saturated rings. The van der Waals surface area contributed by atoms with Gasteiger partial charge in [0.1, 0.15) is 5.82 Å². The van der Waals surface area contributed by atoms with Crippen LogP contribution in [0.5, 0.6) is 0 Å². The predicted octanol–water partition coefficient (Wildman–Crippen LogP) is 3.17. The number of benzene rings is 2. The van der Waals surface area contributed by atoms with Crippen molar-refractivity contribution in [1.82, 2.24) is 0 Å². The summed E-state index contributed by atoms with van der Waals surface area (Å²) < 4.78 is 13.0. The lowest BCUT2D eigenvalue weighted by Gasteiger charge is -2.41. The number of hydrogen-bond acceptors (Lipinski definition) is 2. The average Bonchev–Trinajstić information content (AvgIpc) is 2.58. The summed E-state index contributed by atoms with van der Waals surface area (Å²) in [6.07, 6.45) is 2.57. The molecule has 0 spiro atoms. The summed E-state index contributed by atoms with van der Waals surface area (Å²) in [4.78, 5) is 17.0. The van der Waals surface area contributed by atoms with Gasteiger partial charge in [0.05, 0.1) is 17.8 Å². The maximum Gasteiger partial charge on any atom is 0.231 e. The SMILES string of the molecule is O=C(Cc1ccc(F)cc1)N1CCN2CCCc3cccc1c32. The molecule has 2 heterocycles. The van der Waals surface area contributed by atoms with Gasteiger partial charge in [-0.2, -0.15) is 0 Å². The smallest absolute Gasteiger partial charge is 0.231 e. The molecule has 0 radical (unpaired) electrons. The third kappa shape index (κ3) is 2.58. The van der Waals surface area contributed by atoms with Crippen molar-refractivity contribution in [2.75, 3.05) is 29.4 Å². The van der Waals surface area contributed by atoms with E-state index < -0.39 is 0 Å². The van der Waals surface area contributed by atoms with E-state index in [1.165, 1.54) is 29.8 Å². The van der Waals surface area contributed by atoms with Crippen LogP contribution >= 0.6 is 0 Å². The van der Waals surface area contributed by atoms with E-state index in [-0.39, 0.29) is 11.7 Å². The van der Waals surface area contributed by atoms with Crippen molar-refractivity contribution < 1.29 is 9.18 Å². The Kier molecular flexibility index (Phi) is 3.52. The molecule has 0 aromatic heterocycles. The number of rotatable bonds is 2. The van der Waals surface area contributed by atoms with E-state index in [1.54, 1.807) is 12.1 Å². The standard InChI is InChI=1S/C19H19FN2O/c20-16-8-6-14(7-9-16)13-18(23)22-12-11-21-10-2-4-15-3-1-5-17(22)19(15)21/h1,3,5-9H,2,4,10-13H2. The van der Waals surface area contributed by atoms with Crippen LogP contribution in [0, 0.1) is 5.82 Å². The number of hydrogen-bond donors (Lipinski definition) is 0. The number of amides is 1. The number of carbonyl (C=O) groups excluding carboxylic acids is 1. The molecule has 0 bridgehead atoms. The van der Waals surface area contributed by atoms with Gasteiger partial charge in [0.25, 0.3) is 0 Å². The molecule has 0 saturated heterocycles. The highest BCUT2D eigenvalue weighted by atomic mass is 19.1. The van der Waals surface area contributed by atoms with Crippen LogP contribution in [0.1, 0.15) is 17.5 Å². The maximum atomic E-state index is 13.0. The molecule has 0 N–H and O–H groups in total. The highest BCUT2D eigenvalue weighted by Crippen LogP contribution is 2.39. The molecule has 1 amide bonds. The monoisotopic (exact) mass is 310 g/mol. The summed E-state index contributed by atoms with van der Waals surface area (Å²) in [6.45, 7) is 2.68. The Morgan fingerprint density at radius 2 is 1.87 bits per heavy atom. The minimum Gasteiger partial charge on any atom is -0.368 e. The molecule has 2 aromatic rings. The van der Waals surface area contributed by atoms with Crippen molar-refractivity contribution in [2.45, 2.75) is 19.3 Å². The summed E-state index contributed by atoms with van der Waals surface area (Å²) in [5, 5.41) is 0. The molecule has 4 rings (SSSR count). The Balaban J connectivity index is 1.62. The number of halogens is 1. The van der Waals surface area contributed by atoms with Crippen LogP contribution in [-0.4, -0.2) is 25.5 Å². The second kappa shape index (κ2) is 5.69. The van der Waals surface area contributed by atoms with Crippen molar-refractivity contribution in [1.29, 1.82) is 0 Å². The highest BCUT2D eigenvalue weighted by Gasteiger charge is 2.30. The van der Waals surface area contributed by atoms with Gasteiger partial charge in [-0.3, -0.25) is 4.79 Å². The van der Waals surface area contributed by atoms with E-state index >= 15 is 0 Å². The first-order chi connectivity index (χ1) is 11.2. The molecule has 0 atom stereocenters. The lowest BCUT2D eigenvalue weighted by molar-refractivity contribution is -0.118. The Hall–Kier alpha value is -2.36. The molecule has 2 aliphatic rings. The molecule has 3 nitrogen and oxygen atoms in total. The molecule has 4 heteroatoms. The summed E-state index contributed by atoms with van der Waals surface area (Å²) >= 11 is 0. The average molecular weight is 310 g/mol. The topological polar surface area (TPSA) is 23.6 Å². The van der Waals surface area contributed by atoms with Crippen molar-refractivity contribution in [2.24, 2.45) is 0 Å². The number of nitrogens with zero attached hydrogens (tertiary/aromatic N) is 2. The van der Waals surface area contributed by atoms with Gasteiger partial charge in [-0.05, 0) is 42.2 Å². The largest absolute Gasteiger partial charge is 0.368 e. The molecule has 2 aliphatic heterocycles. The van der Waals surface area contributed by atoms with Gasteiger partial charge in [-0.25, -0.2) is 4.39 Å². The Bertz CT molecular complexity index is 742. The second-order valence-corrected chi connectivity index (χ2v) is 6.22. The van der Waals surface area contributed by atoms with Gasteiger partial charge in [0, 0.05) is 19.6 Å². The Morgan fingerprint density at radius 1 is 1.04 bits per heavy atom. The highest BCUT2D eigenvalue weighted by molar-refractivity contribution is 5.99. The van der Waals surface area contributed by atoms with Crippen LogP contribution in [0.4, 0.5) is 15.8 Å². The fourth-order valence-corrected chi connectivity index (χ4v) is 3.63. The van der Waals surface area contributed by atoms with Crippen molar-refractivity contribution in [3.8, 4) is 0 Å². The number of para-hydroxylation sites is 1. The third-order valence-corrected chi connectivity index (χ3v) is 4.74.